The van der Waals surface area contributed by atoms with Crippen LogP contribution in [0.25, 0.3) is 22.5 Å². The number of hydrogen-bond donors (Lipinski definition) is 4. The number of alkyl halides is 2. The highest BCUT2D eigenvalue weighted by Gasteiger charge is 2.47. The van der Waals surface area contributed by atoms with Crippen molar-refractivity contribution >= 4 is 63.9 Å². The average Bonchev–Trinajstić information content (AvgIpc) is 3.35. The third kappa shape index (κ3) is 15.3. The molecule has 2 atom stereocenters. The van der Waals surface area contributed by atoms with Crippen LogP contribution in [0.15, 0.2) is 119 Å². The van der Waals surface area contributed by atoms with E-state index in [4.69, 9.17) is 40.4 Å². The van der Waals surface area contributed by atoms with Crippen LogP contribution < -0.4 is 17.2 Å². The standard InChI is InChI=1S/C24H27FN3O6PS.C12H11N3O2.C11H17FNO5PS/c1-4-33-35(30,34-5-2)24(25)36(31,32)19-12-8-17(9-13-19)14-21(29)22-23(26)27-15-20(28-22)18-10-6-16(3)7-11-18;1-7-2-4-8(5-3-7)9-6-14-11(13)10(15-9)12(16)17;1-3-17-19(14,18-4-2)11(12)20(15,16)10-7-5-9(13)6-8-10/h6-13,15,24H,4-5,14H2,1-3H3,(H2,26,27);2-6H,1H3,(H2,13,14)(H,16,17);5-8,11H,3-4,13H2,1-2H3. The first-order chi connectivity index (χ1) is 34.4. The Hall–Kier alpha value is -6.36. The molecule has 0 saturated heterocycles. The Morgan fingerprint density at radius 3 is 1.27 bits per heavy atom. The fraction of sp³-hybridized carbons (Fsp3) is 0.277. The molecular formula is C47H55F2N7O13P2S2. The number of aryl methyl sites for hydroxylation is 2. The van der Waals surface area contributed by atoms with E-state index >= 15 is 0 Å². The minimum atomic E-state index is -4.69. The summed E-state index contributed by atoms with van der Waals surface area (Å²) in [7, 11) is -18.1. The van der Waals surface area contributed by atoms with Crippen molar-refractivity contribution in [1.82, 2.24) is 19.9 Å². The molecule has 0 amide bonds. The summed E-state index contributed by atoms with van der Waals surface area (Å²) in [6.45, 7) is 9.12. The maximum atomic E-state index is 14.9. The topological polar surface area (TPSA) is 323 Å². The largest absolute Gasteiger partial charge is 0.476 e. The highest BCUT2D eigenvalue weighted by atomic mass is 32.2. The van der Waals surface area contributed by atoms with Gasteiger partial charge in [-0.1, -0.05) is 71.8 Å². The van der Waals surface area contributed by atoms with Crippen LogP contribution in [-0.4, -0.2) is 90.5 Å². The number of sulfone groups is 2. The summed E-state index contributed by atoms with van der Waals surface area (Å²) >= 11 is 0. The molecule has 0 fully saturated rings. The van der Waals surface area contributed by atoms with Gasteiger partial charge in [0.25, 0.3) is 0 Å². The molecule has 26 heteroatoms. The molecule has 6 aromatic rings. The Kier molecular flexibility index (Phi) is 21.1. The predicted molar refractivity (Wildman–Crippen MR) is 271 cm³/mol. The number of nitrogens with zero attached hydrogens (tertiary/aromatic N) is 4. The van der Waals surface area contributed by atoms with E-state index in [1.165, 1.54) is 64.4 Å². The molecule has 0 saturated carbocycles. The Morgan fingerprint density at radius 2 is 0.918 bits per heavy atom. The lowest BCUT2D eigenvalue weighted by Crippen LogP contribution is -2.20. The molecule has 6 rings (SSSR count). The van der Waals surface area contributed by atoms with Gasteiger partial charge in [0.1, 0.15) is 5.69 Å². The lowest BCUT2D eigenvalue weighted by Gasteiger charge is -2.20. The number of nitrogens with two attached hydrogens (primary N) is 3. The van der Waals surface area contributed by atoms with Gasteiger partial charge in [0.15, 0.2) is 23.1 Å². The Labute approximate surface area is 421 Å². The van der Waals surface area contributed by atoms with Crippen molar-refractivity contribution < 1.29 is 67.5 Å². The first kappa shape index (κ1) is 59.2. The van der Waals surface area contributed by atoms with Crippen molar-refractivity contribution in [2.45, 2.75) is 68.2 Å². The molecule has 4 aromatic carbocycles. The van der Waals surface area contributed by atoms with Gasteiger partial charge in [-0.25, -0.2) is 50.3 Å². The second-order valence-corrected chi connectivity index (χ2v) is 24.0. The number of anilines is 3. The van der Waals surface area contributed by atoms with Gasteiger partial charge in [0.2, 0.25) is 19.7 Å². The number of aromatic carboxylic acids is 1. The van der Waals surface area contributed by atoms with E-state index in [1.807, 2.05) is 62.4 Å². The zero-order valence-electron chi connectivity index (χ0n) is 40.4. The summed E-state index contributed by atoms with van der Waals surface area (Å²) in [4.78, 5) is 39.3. The monoisotopic (exact) mass is 1090 g/mol. The number of ketones is 1. The minimum Gasteiger partial charge on any atom is -0.476 e. The minimum absolute atomic E-state index is 0.0111. The lowest BCUT2D eigenvalue weighted by molar-refractivity contribution is 0.0691. The number of rotatable bonds is 20. The molecule has 0 aliphatic carbocycles. The van der Waals surface area contributed by atoms with Gasteiger partial charge in [0.05, 0.1) is 60.0 Å². The molecule has 7 N–H and O–H groups in total. The second kappa shape index (κ2) is 26.0. The normalized spacial score (nSPS) is 12.6. The zero-order chi connectivity index (χ0) is 54.3. The van der Waals surface area contributed by atoms with Crippen molar-refractivity contribution in [3.8, 4) is 22.5 Å². The van der Waals surface area contributed by atoms with Crippen LogP contribution in [0.2, 0.25) is 0 Å². The highest BCUT2D eigenvalue weighted by molar-refractivity contribution is 7.98. The van der Waals surface area contributed by atoms with Crippen molar-refractivity contribution in [3.05, 3.63) is 138 Å². The molecule has 0 bridgehead atoms. The first-order valence-electron chi connectivity index (χ1n) is 22.0. The second-order valence-electron chi connectivity index (χ2n) is 15.3. The van der Waals surface area contributed by atoms with Gasteiger partial charge < -0.3 is 40.4 Å². The van der Waals surface area contributed by atoms with Gasteiger partial charge in [-0.3, -0.25) is 13.9 Å². The summed E-state index contributed by atoms with van der Waals surface area (Å²) in [5.41, 5.74) is 22.1. The summed E-state index contributed by atoms with van der Waals surface area (Å²) < 4.78 is 123. The molecule has 2 aromatic heterocycles. The first-order valence-corrected chi connectivity index (χ1v) is 28.3. The maximum absolute atomic E-state index is 14.9. The van der Waals surface area contributed by atoms with Crippen molar-refractivity contribution in [1.29, 1.82) is 0 Å². The number of Topliss-reactive ketones (excluding diaryl/α,β-unsaturated/α-hetero) is 1. The molecule has 2 heterocycles. The summed E-state index contributed by atoms with van der Waals surface area (Å²) in [6.07, 6.45) is 2.80. The summed E-state index contributed by atoms with van der Waals surface area (Å²) in [5.74, 6) is -1.71. The third-order valence-corrected chi connectivity index (χ3v) is 19.4. The third-order valence-electron chi connectivity index (χ3n) is 9.83. The fourth-order valence-corrected chi connectivity index (χ4v) is 13.9. The fourth-order valence-electron chi connectivity index (χ4n) is 6.20. The maximum Gasteiger partial charge on any atom is 0.380 e. The number of carbonyl (C=O) groups excluding carboxylic acids is 1. The van der Waals surface area contributed by atoms with E-state index in [0.717, 1.165) is 46.5 Å². The Bertz CT molecular complexity index is 3160. The van der Waals surface area contributed by atoms with E-state index in [0.29, 0.717) is 22.6 Å². The molecule has 73 heavy (non-hydrogen) atoms. The molecule has 0 spiro atoms. The van der Waals surface area contributed by atoms with E-state index in [2.05, 4.69) is 19.9 Å². The molecule has 0 aliphatic rings. The van der Waals surface area contributed by atoms with Crippen molar-refractivity contribution in [2.75, 3.05) is 43.6 Å². The van der Waals surface area contributed by atoms with Gasteiger partial charge in [-0.05, 0) is 83.5 Å². The van der Waals surface area contributed by atoms with Crippen molar-refractivity contribution in [3.63, 3.8) is 0 Å². The molecule has 392 valence electrons. The number of hydrogen-bond acceptors (Lipinski definition) is 19. The Morgan fingerprint density at radius 1 is 0.575 bits per heavy atom. The molecular weight excluding hydrogens is 1030 g/mol. The SMILES string of the molecule is CCOP(=O)(OCC)C(F)S(=O)(=O)c1ccc(CC(=O)c2nc(-c3ccc(C)cc3)cnc2N)cc1.CCOP(=O)(OCC)C(F)S(=O)(=O)c1ccc(N)cc1.Cc1ccc(-c2cnc(N)c(C(=O)O)n2)cc1. The Balaban J connectivity index is 0.000000262. The number of halogens is 2. The number of nitrogen functional groups attached to an aromatic ring is 3. The van der Waals surface area contributed by atoms with Gasteiger partial charge in [-0.15, -0.1) is 0 Å². The number of aromatic nitrogens is 4. The van der Waals surface area contributed by atoms with Crippen LogP contribution in [0.1, 0.15) is 65.4 Å². The van der Waals surface area contributed by atoms with E-state index in [-0.39, 0.29) is 60.8 Å². The zero-order valence-corrected chi connectivity index (χ0v) is 43.8. The quantitative estimate of drug-likeness (QED) is 0.0314. The lowest BCUT2D eigenvalue weighted by atomic mass is 10.1. The summed E-state index contributed by atoms with van der Waals surface area (Å²) in [6, 6.07) is 25.0. The molecule has 0 aliphatic heterocycles. The van der Waals surface area contributed by atoms with Crippen LogP contribution in [0, 0.1) is 13.8 Å². The summed E-state index contributed by atoms with van der Waals surface area (Å²) in [5, 5.41) is 3.23. The van der Waals surface area contributed by atoms with Crippen LogP contribution in [0.5, 0.6) is 0 Å². The number of carboxylic acids is 1. The van der Waals surface area contributed by atoms with Crippen LogP contribution in [0.4, 0.5) is 26.1 Å². The number of benzene rings is 4. The van der Waals surface area contributed by atoms with E-state index in [1.54, 1.807) is 0 Å². The van der Waals surface area contributed by atoms with Gasteiger partial charge in [-0.2, -0.15) is 0 Å². The van der Waals surface area contributed by atoms with Crippen LogP contribution in [0.3, 0.4) is 0 Å². The number of carbonyl (C=O) groups is 2. The average molecular weight is 1090 g/mol. The van der Waals surface area contributed by atoms with E-state index < -0.39 is 62.0 Å². The van der Waals surface area contributed by atoms with E-state index in [9.17, 15) is 44.3 Å². The van der Waals surface area contributed by atoms with Gasteiger partial charge in [0, 0.05) is 23.2 Å². The molecule has 2 unspecified atom stereocenters. The molecule has 20 nitrogen and oxygen atoms in total. The number of carboxylic acid groups (broad SMARTS) is 1. The molecule has 0 radical (unpaired) electrons. The van der Waals surface area contributed by atoms with Crippen molar-refractivity contribution in [2.24, 2.45) is 0 Å². The predicted octanol–water partition coefficient (Wildman–Crippen LogP) is 9.05. The highest BCUT2D eigenvalue weighted by Crippen LogP contribution is 2.57. The van der Waals surface area contributed by atoms with Crippen LogP contribution >= 0.6 is 15.2 Å². The van der Waals surface area contributed by atoms with Crippen LogP contribution in [-0.2, 0) is 53.3 Å². The smallest absolute Gasteiger partial charge is 0.380 e. The van der Waals surface area contributed by atoms with Gasteiger partial charge >= 0.3 is 31.7 Å².